The van der Waals surface area contributed by atoms with Gasteiger partial charge >= 0.3 is 5.97 Å². The quantitative estimate of drug-likeness (QED) is 0.788. The smallest absolute Gasteiger partial charge is 0.309 e. The average Bonchev–Trinajstić information content (AvgIpc) is 2.76. The van der Waals surface area contributed by atoms with Crippen LogP contribution in [0.2, 0.25) is 0 Å². The standard InChI is InChI=1S/C11H10N4O3/c12-11(18)7-1-3-8(4-2-7)15-9(5-10(16)17)6-13-14-15/h1-4,6H,5H2,(H2,12,18)(H,16,17). The topological polar surface area (TPSA) is 111 Å². The maximum atomic E-state index is 10.9. The summed E-state index contributed by atoms with van der Waals surface area (Å²) in [6.07, 6.45) is 1.21. The maximum absolute atomic E-state index is 10.9. The molecule has 3 N–H and O–H groups in total. The Labute approximate surface area is 102 Å². The lowest BCUT2D eigenvalue weighted by atomic mass is 10.2. The monoisotopic (exact) mass is 246 g/mol. The molecule has 0 aliphatic rings. The van der Waals surface area contributed by atoms with Crippen LogP contribution in [-0.4, -0.2) is 32.0 Å². The van der Waals surface area contributed by atoms with E-state index in [1.165, 1.54) is 10.9 Å². The summed E-state index contributed by atoms with van der Waals surface area (Å²) in [5.74, 6) is -1.49. The molecule has 0 saturated carbocycles. The minimum absolute atomic E-state index is 0.176. The summed E-state index contributed by atoms with van der Waals surface area (Å²) in [6, 6.07) is 6.34. The second-order valence-electron chi connectivity index (χ2n) is 3.62. The van der Waals surface area contributed by atoms with Gasteiger partial charge in [-0.05, 0) is 24.3 Å². The Morgan fingerprint density at radius 1 is 1.28 bits per heavy atom. The molecular weight excluding hydrogens is 236 g/mol. The molecule has 0 saturated heterocycles. The number of amides is 1. The zero-order chi connectivity index (χ0) is 13.1. The number of carboxylic acid groups (broad SMARTS) is 1. The Morgan fingerprint density at radius 3 is 2.50 bits per heavy atom. The van der Waals surface area contributed by atoms with Crippen LogP contribution >= 0.6 is 0 Å². The van der Waals surface area contributed by atoms with E-state index in [2.05, 4.69) is 10.3 Å². The highest BCUT2D eigenvalue weighted by atomic mass is 16.4. The van der Waals surface area contributed by atoms with Crippen molar-refractivity contribution < 1.29 is 14.7 Å². The minimum atomic E-state index is -0.965. The van der Waals surface area contributed by atoms with Crippen LogP contribution in [0.3, 0.4) is 0 Å². The highest BCUT2D eigenvalue weighted by Gasteiger charge is 2.10. The molecule has 2 rings (SSSR count). The summed E-state index contributed by atoms with van der Waals surface area (Å²) in [5.41, 5.74) is 6.57. The van der Waals surface area contributed by atoms with Gasteiger partial charge in [0.05, 0.1) is 24.0 Å². The molecule has 92 valence electrons. The molecule has 0 bridgehead atoms. The van der Waals surface area contributed by atoms with E-state index in [-0.39, 0.29) is 6.42 Å². The van der Waals surface area contributed by atoms with E-state index in [0.29, 0.717) is 16.9 Å². The van der Waals surface area contributed by atoms with Gasteiger partial charge in [0.25, 0.3) is 0 Å². The zero-order valence-corrected chi connectivity index (χ0v) is 9.28. The van der Waals surface area contributed by atoms with Crippen LogP contribution < -0.4 is 5.73 Å². The van der Waals surface area contributed by atoms with Gasteiger partial charge in [-0.3, -0.25) is 9.59 Å². The van der Waals surface area contributed by atoms with Gasteiger partial charge in [-0.2, -0.15) is 0 Å². The molecular formula is C11H10N4O3. The van der Waals surface area contributed by atoms with Crippen LogP contribution in [0.15, 0.2) is 30.5 Å². The van der Waals surface area contributed by atoms with Crippen LogP contribution in [-0.2, 0) is 11.2 Å². The third kappa shape index (κ3) is 2.34. The van der Waals surface area contributed by atoms with Crippen molar-refractivity contribution in [3.05, 3.63) is 41.7 Å². The predicted molar refractivity (Wildman–Crippen MR) is 61.2 cm³/mol. The number of carbonyl (C=O) groups is 2. The number of aliphatic carboxylic acids is 1. The molecule has 1 heterocycles. The largest absolute Gasteiger partial charge is 0.481 e. The SMILES string of the molecule is NC(=O)c1ccc(-n2nncc2CC(=O)O)cc1. The van der Waals surface area contributed by atoms with Crippen molar-refractivity contribution >= 4 is 11.9 Å². The molecule has 18 heavy (non-hydrogen) atoms. The minimum Gasteiger partial charge on any atom is -0.481 e. The first-order valence-electron chi connectivity index (χ1n) is 5.09. The Balaban J connectivity index is 2.34. The molecule has 1 aromatic heterocycles. The molecule has 0 spiro atoms. The Hall–Kier alpha value is -2.70. The third-order valence-electron chi connectivity index (χ3n) is 2.35. The number of aromatic nitrogens is 3. The number of hydrogen-bond donors (Lipinski definition) is 2. The fourth-order valence-corrected chi connectivity index (χ4v) is 1.52. The van der Waals surface area contributed by atoms with Crippen LogP contribution in [0.1, 0.15) is 16.1 Å². The molecule has 0 unspecified atom stereocenters. The van der Waals surface area contributed by atoms with Gasteiger partial charge in [-0.1, -0.05) is 5.21 Å². The summed E-state index contributed by atoms with van der Waals surface area (Å²) >= 11 is 0. The number of hydrogen-bond acceptors (Lipinski definition) is 4. The summed E-state index contributed by atoms with van der Waals surface area (Å²) in [5, 5.41) is 16.2. The molecule has 0 atom stereocenters. The summed E-state index contributed by atoms with van der Waals surface area (Å²) in [7, 11) is 0. The van der Waals surface area contributed by atoms with Crippen LogP contribution in [0.4, 0.5) is 0 Å². The van der Waals surface area contributed by atoms with Crippen molar-refractivity contribution in [1.82, 2.24) is 15.0 Å². The van der Waals surface area contributed by atoms with E-state index in [1.54, 1.807) is 24.3 Å². The van der Waals surface area contributed by atoms with Crippen molar-refractivity contribution in [3.8, 4) is 5.69 Å². The molecule has 7 heteroatoms. The number of carboxylic acids is 1. The van der Waals surface area contributed by atoms with E-state index in [9.17, 15) is 9.59 Å². The van der Waals surface area contributed by atoms with Crippen LogP contribution in [0.25, 0.3) is 5.69 Å². The molecule has 1 aromatic carbocycles. The number of nitrogens with two attached hydrogens (primary N) is 1. The molecule has 7 nitrogen and oxygen atoms in total. The molecule has 0 aliphatic heterocycles. The molecule has 1 amide bonds. The van der Waals surface area contributed by atoms with Crippen molar-refractivity contribution in [2.75, 3.05) is 0 Å². The van der Waals surface area contributed by atoms with Crippen molar-refractivity contribution in [1.29, 1.82) is 0 Å². The van der Waals surface area contributed by atoms with Crippen molar-refractivity contribution in [2.45, 2.75) is 6.42 Å². The van der Waals surface area contributed by atoms with Gasteiger partial charge in [0.1, 0.15) is 0 Å². The van der Waals surface area contributed by atoms with E-state index in [4.69, 9.17) is 10.8 Å². The maximum Gasteiger partial charge on any atom is 0.309 e. The van der Waals surface area contributed by atoms with Crippen LogP contribution in [0.5, 0.6) is 0 Å². The summed E-state index contributed by atoms with van der Waals surface area (Å²) in [4.78, 5) is 21.6. The average molecular weight is 246 g/mol. The second kappa shape index (κ2) is 4.66. The van der Waals surface area contributed by atoms with Crippen molar-refractivity contribution in [2.24, 2.45) is 5.73 Å². The fourth-order valence-electron chi connectivity index (χ4n) is 1.52. The highest BCUT2D eigenvalue weighted by Crippen LogP contribution is 2.11. The number of primary amides is 1. The zero-order valence-electron chi connectivity index (χ0n) is 9.28. The summed E-state index contributed by atoms with van der Waals surface area (Å²) in [6.45, 7) is 0. The Morgan fingerprint density at radius 2 is 1.94 bits per heavy atom. The first kappa shape index (κ1) is 11.8. The van der Waals surface area contributed by atoms with Gasteiger partial charge in [0.15, 0.2) is 0 Å². The Kier molecular flexibility index (Phi) is 3.05. The van der Waals surface area contributed by atoms with E-state index in [1.807, 2.05) is 0 Å². The van der Waals surface area contributed by atoms with E-state index in [0.717, 1.165) is 0 Å². The normalized spacial score (nSPS) is 10.2. The van der Waals surface area contributed by atoms with E-state index < -0.39 is 11.9 Å². The highest BCUT2D eigenvalue weighted by molar-refractivity contribution is 5.92. The van der Waals surface area contributed by atoms with Gasteiger partial charge < -0.3 is 10.8 Å². The second-order valence-corrected chi connectivity index (χ2v) is 3.62. The van der Waals surface area contributed by atoms with Gasteiger partial charge in [0.2, 0.25) is 5.91 Å². The van der Waals surface area contributed by atoms with E-state index >= 15 is 0 Å². The number of carbonyl (C=O) groups excluding carboxylic acids is 1. The molecule has 0 fully saturated rings. The lowest BCUT2D eigenvalue weighted by molar-refractivity contribution is -0.136. The van der Waals surface area contributed by atoms with Gasteiger partial charge in [-0.15, -0.1) is 5.10 Å². The third-order valence-corrected chi connectivity index (χ3v) is 2.35. The lowest BCUT2D eigenvalue weighted by Gasteiger charge is -2.04. The van der Waals surface area contributed by atoms with Crippen LogP contribution in [0, 0.1) is 0 Å². The Bertz CT molecular complexity index is 589. The van der Waals surface area contributed by atoms with Gasteiger partial charge in [-0.25, -0.2) is 4.68 Å². The molecule has 0 aliphatic carbocycles. The predicted octanol–water partition coefficient (Wildman–Crippen LogP) is -0.00670. The number of benzene rings is 1. The van der Waals surface area contributed by atoms with Crippen molar-refractivity contribution in [3.63, 3.8) is 0 Å². The van der Waals surface area contributed by atoms with Gasteiger partial charge in [0, 0.05) is 5.56 Å². The number of rotatable bonds is 4. The first-order valence-corrected chi connectivity index (χ1v) is 5.09. The lowest BCUT2D eigenvalue weighted by Crippen LogP contribution is -2.11. The fraction of sp³-hybridized carbons (Fsp3) is 0.0909. The molecule has 0 radical (unpaired) electrons. The number of nitrogens with zero attached hydrogens (tertiary/aromatic N) is 3. The molecule has 2 aromatic rings. The first-order chi connectivity index (χ1) is 8.58. The summed E-state index contributed by atoms with van der Waals surface area (Å²) < 4.78 is 1.40.